The Balaban J connectivity index is 1.95. The lowest BCUT2D eigenvalue weighted by Crippen LogP contribution is -1.88. The van der Waals surface area contributed by atoms with Gasteiger partial charge in [-0.25, -0.2) is 0 Å². The second-order valence-electron chi connectivity index (χ2n) is 6.27. The lowest BCUT2D eigenvalue weighted by molar-refractivity contribution is 1.53. The molecule has 0 heterocycles. The maximum Gasteiger partial charge on any atom is 0.0253 e. The number of hydrogen-bond acceptors (Lipinski definition) is 0. The van der Waals surface area contributed by atoms with Crippen molar-refractivity contribution in [2.24, 2.45) is 0 Å². The third kappa shape index (κ3) is 4.20. The van der Waals surface area contributed by atoms with Crippen LogP contribution < -0.4 is 0 Å². The van der Waals surface area contributed by atoms with Gasteiger partial charge in [-0.15, -0.1) is 0 Å². The van der Waals surface area contributed by atoms with E-state index in [1.807, 2.05) is 12.1 Å². The molecule has 27 heavy (non-hydrogen) atoms. The molecule has 0 atom stereocenters. The van der Waals surface area contributed by atoms with Crippen molar-refractivity contribution >= 4 is 54.5 Å². The Morgan fingerprint density at radius 3 is 1.41 bits per heavy atom. The summed E-state index contributed by atoms with van der Waals surface area (Å²) >= 11 is 9.76. The van der Waals surface area contributed by atoms with Gasteiger partial charge in [-0.2, -0.15) is 0 Å². The van der Waals surface area contributed by atoms with E-state index in [-0.39, 0.29) is 0 Å². The van der Waals surface area contributed by atoms with Crippen molar-refractivity contribution in [2.75, 3.05) is 0 Å². The zero-order valence-corrected chi connectivity index (χ0v) is 19.6. The molecule has 0 N–H and O–H groups in total. The fourth-order valence-electron chi connectivity index (χ4n) is 3.14. The predicted molar refractivity (Wildman–Crippen MR) is 131 cm³/mol. The molecule has 0 saturated heterocycles. The van der Waals surface area contributed by atoms with E-state index < -0.39 is 0 Å². The summed E-state index contributed by atoms with van der Waals surface area (Å²) in [6.07, 6.45) is 0. The van der Waals surface area contributed by atoms with Gasteiger partial charge < -0.3 is 0 Å². The minimum absolute atomic E-state index is 1.10. The van der Waals surface area contributed by atoms with E-state index in [0.717, 1.165) is 8.95 Å². The number of benzene rings is 4. The van der Waals surface area contributed by atoms with E-state index in [4.69, 9.17) is 0 Å². The number of halogens is 3. The average molecular weight is 590 g/mol. The highest BCUT2D eigenvalue weighted by Gasteiger charge is 2.10. The van der Waals surface area contributed by atoms with Gasteiger partial charge in [0, 0.05) is 12.5 Å². The molecule has 0 bridgehead atoms. The van der Waals surface area contributed by atoms with E-state index in [1.54, 1.807) is 0 Å². The van der Waals surface area contributed by atoms with Gasteiger partial charge in [0.2, 0.25) is 0 Å². The second-order valence-corrected chi connectivity index (χ2v) is 9.22. The highest BCUT2D eigenvalue weighted by Crippen LogP contribution is 2.37. The Bertz CT molecular complexity index is 1040. The van der Waals surface area contributed by atoms with Crippen molar-refractivity contribution in [3.8, 4) is 33.4 Å². The van der Waals surface area contributed by atoms with Crippen LogP contribution in [0.15, 0.2) is 99.9 Å². The summed E-state index contributed by atoms with van der Waals surface area (Å²) in [4.78, 5) is 0. The summed E-state index contributed by atoms with van der Waals surface area (Å²) in [6.45, 7) is 0. The van der Waals surface area contributed by atoms with Crippen molar-refractivity contribution < 1.29 is 0 Å². The molecule has 0 fully saturated rings. The topological polar surface area (TPSA) is 0 Å². The maximum atomic E-state index is 3.71. The first kappa shape index (κ1) is 18.9. The van der Waals surface area contributed by atoms with Crippen LogP contribution in [0.5, 0.6) is 0 Å². The van der Waals surface area contributed by atoms with E-state index in [2.05, 4.69) is 133 Å². The summed E-state index contributed by atoms with van der Waals surface area (Å²) in [6, 6.07) is 32.2. The molecule has 3 heteroatoms. The monoisotopic (exact) mass is 588 g/mol. The lowest BCUT2D eigenvalue weighted by atomic mass is 9.93. The summed E-state index contributed by atoms with van der Waals surface area (Å²) in [5.41, 5.74) is 7.22. The molecule has 0 aliphatic rings. The van der Waals surface area contributed by atoms with Crippen LogP contribution in [0.1, 0.15) is 0 Å². The highest BCUT2D eigenvalue weighted by atomic mass is 127. The molecule has 0 radical (unpaired) electrons. The molecule has 0 spiro atoms. The molecule has 4 rings (SSSR count). The zero-order chi connectivity index (χ0) is 18.8. The molecule has 0 unspecified atom stereocenters. The standard InChI is InChI=1S/C24H15Br2I/c25-23-7-3-1-5-21(23)18-13-17(16-9-11-20(27)12-10-16)14-19(15-18)22-6-2-4-8-24(22)26/h1-15H. The minimum Gasteiger partial charge on any atom is -0.0616 e. The van der Waals surface area contributed by atoms with Gasteiger partial charge in [-0.05, 0) is 98.4 Å². The quantitative estimate of drug-likeness (QED) is 0.209. The van der Waals surface area contributed by atoms with Gasteiger partial charge in [-0.1, -0.05) is 80.4 Å². The van der Waals surface area contributed by atoms with Gasteiger partial charge in [0.25, 0.3) is 0 Å². The smallest absolute Gasteiger partial charge is 0.0253 e. The van der Waals surface area contributed by atoms with Crippen LogP contribution in [0.25, 0.3) is 33.4 Å². The number of rotatable bonds is 3. The molecule has 0 nitrogen and oxygen atoms in total. The van der Waals surface area contributed by atoms with Crippen molar-refractivity contribution in [2.45, 2.75) is 0 Å². The summed E-state index contributed by atoms with van der Waals surface area (Å²) in [5.74, 6) is 0. The fourth-order valence-corrected chi connectivity index (χ4v) is 4.53. The van der Waals surface area contributed by atoms with Crippen LogP contribution in [-0.2, 0) is 0 Å². The molecule has 0 amide bonds. The van der Waals surface area contributed by atoms with E-state index in [1.165, 1.54) is 37.0 Å². The third-order valence-corrected chi connectivity index (χ3v) is 6.58. The normalized spacial score (nSPS) is 10.8. The molecule has 4 aromatic carbocycles. The van der Waals surface area contributed by atoms with Crippen molar-refractivity contribution in [1.29, 1.82) is 0 Å². The highest BCUT2D eigenvalue weighted by molar-refractivity contribution is 14.1. The molecule has 132 valence electrons. The van der Waals surface area contributed by atoms with Crippen molar-refractivity contribution in [3.63, 3.8) is 0 Å². The van der Waals surface area contributed by atoms with E-state index in [0.29, 0.717) is 0 Å². The molecule has 0 saturated carbocycles. The van der Waals surface area contributed by atoms with Crippen molar-refractivity contribution in [1.82, 2.24) is 0 Å². The van der Waals surface area contributed by atoms with Gasteiger partial charge in [0.1, 0.15) is 0 Å². The first-order valence-corrected chi connectivity index (χ1v) is 11.2. The number of hydrogen-bond donors (Lipinski definition) is 0. The second kappa shape index (κ2) is 8.29. The Hall–Kier alpha value is -1.43. The van der Waals surface area contributed by atoms with Crippen LogP contribution in [0.2, 0.25) is 0 Å². The summed E-state index contributed by atoms with van der Waals surface area (Å²) < 4.78 is 3.44. The van der Waals surface area contributed by atoms with Crippen LogP contribution in [0, 0.1) is 3.57 Å². The lowest BCUT2D eigenvalue weighted by Gasteiger charge is -2.13. The SMILES string of the molecule is Brc1ccccc1-c1cc(-c2ccc(I)cc2)cc(-c2ccccc2Br)c1. The molecule has 0 aliphatic carbocycles. The molecule has 0 aromatic heterocycles. The molecular weight excluding hydrogens is 575 g/mol. The first-order valence-electron chi connectivity index (χ1n) is 8.53. The third-order valence-electron chi connectivity index (χ3n) is 4.48. The minimum atomic E-state index is 1.10. The molecular formula is C24H15Br2I. The molecule has 0 aliphatic heterocycles. The predicted octanol–water partition coefficient (Wildman–Crippen LogP) is 8.82. The zero-order valence-electron chi connectivity index (χ0n) is 14.3. The summed E-state index contributed by atoms with van der Waals surface area (Å²) in [7, 11) is 0. The van der Waals surface area contributed by atoms with Crippen LogP contribution in [-0.4, -0.2) is 0 Å². The van der Waals surface area contributed by atoms with Crippen LogP contribution >= 0.6 is 54.5 Å². The van der Waals surface area contributed by atoms with Crippen molar-refractivity contribution in [3.05, 3.63) is 104 Å². The largest absolute Gasteiger partial charge is 0.0616 e. The fraction of sp³-hybridized carbons (Fsp3) is 0. The Morgan fingerprint density at radius 2 is 0.926 bits per heavy atom. The average Bonchev–Trinajstić information content (AvgIpc) is 2.69. The van der Waals surface area contributed by atoms with Gasteiger partial charge in [-0.3, -0.25) is 0 Å². The Labute approximate surface area is 190 Å². The van der Waals surface area contributed by atoms with Crippen LogP contribution in [0.3, 0.4) is 0 Å². The molecule has 4 aromatic rings. The summed E-state index contributed by atoms with van der Waals surface area (Å²) in [5, 5.41) is 0. The van der Waals surface area contributed by atoms with Crippen LogP contribution in [0.4, 0.5) is 0 Å². The Morgan fingerprint density at radius 1 is 0.481 bits per heavy atom. The first-order chi connectivity index (χ1) is 13.1. The van der Waals surface area contributed by atoms with Gasteiger partial charge in [0.15, 0.2) is 0 Å². The van der Waals surface area contributed by atoms with Gasteiger partial charge >= 0.3 is 0 Å². The van der Waals surface area contributed by atoms with E-state index in [9.17, 15) is 0 Å². The maximum absolute atomic E-state index is 3.71. The van der Waals surface area contributed by atoms with Gasteiger partial charge in [0.05, 0.1) is 0 Å². The van der Waals surface area contributed by atoms with E-state index >= 15 is 0 Å². The Kier molecular flexibility index (Phi) is 5.81.